The fourth-order valence-electron chi connectivity index (χ4n) is 2.37. The molecule has 1 aliphatic rings. The minimum absolute atomic E-state index is 0.266. The molecule has 18 heavy (non-hydrogen) atoms. The van der Waals surface area contributed by atoms with Gasteiger partial charge in [0.25, 0.3) is 0 Å². The van der Waals surface area contributed by atoms with Crippen LogP contribution in [0.25, 0.3) is 10.9 Å². The number of aromatic nitrogens is 2. The van der Waals surface area contributed by atoms with Gasteiger partial charge in [0, 0.05) is 5.39 Å². The van der Waals surface area contributed by atoms with Gasteiger partial charge in [-0.15, -0.1) is 0 Å². The third kappa shape index (κ3) is 1.64. The Balaban J connectivity index is 1.94. The van der Waals surface area contributed by atoms with E-state index in [0.29, 0.717) is 13.1 Å². The van der Waals surface area contributed by atoms with Crippen LogP contribution in [0.2, 0.25) is 0 Å². The minimum atomic E-state index is -0.577. The Hall–Kier alpha value is -1.68. The van der Waals surface area contributed by atoms with Crippen molar-refractivity contribution >= 4 is 16.7 Å². The Kier molecular flexibility index (Phi) is 2.48. The van der Waals surface area contributed by atoms with E-state index in [1.54, 1.807) is 6.33 Å². The van der Waals surface area contributed by atoms with Crippen LogP contribution >= 0.6 is 0 Å². The van der Waals surface area contributed by atoms with Crippen LogP contribution in [0, 0.1) is 5.92 Å². The molecule has 2 heterocycles. The molecular formula is C14H17N3O. The van der Waals surface area contributed by atoms with Gasteiger partial charge < -0.3 is 10.0 Å². The smallest absolute Gasteiger partial charge is 0.140 e. The standard InChI is InChI=1S/C14H17N3O/c1-10(2)14(18)7-17(8-14)13-11-5-3-4-6-12(11)15-9-16-13/h3-6,9-10,18H,7-8H2,1-2H3. The molecule has 0 aliphatic carbocycles. The molecule has 4 heteroatoms. The summed E-state index contributed by atoms with van der Waals surface area (Å²) in [7, 11) is 0. The van der Waals surface area contributed by atoms with Gasteiger partial charge in [-0.2, -0.15) is 0 Å². The van der Waals surface area contributed by atoms with Crippen LogP contribution in [0.4, 0.5) is 5.82 Å². The van der Waals surface area contributed by atoms with Crippen LogP contribution in [0.3, 0.4) is 0 Å². The van der Waals surface area contributed by atoms with Gasteiger partial charge in [0.15, 0.2) is 0 Å². The van der Waals surface area contributed by atoms with Crippen molar-refractivity contribution < 1.29 is 5.11 Å². The van der Waals surface area contributed by atoms with E-state index in [-0.39, 0.29) is 5.92 Å². The maximum Gasteiger partial charge on any atom is 0.140 e. The van der Waals surface area contributed by atoms with Crippen molar-refractivity contribution in [1.82, 2.24) is 9.97 Å². The molecule has 0 radical (unpaired) electrons. The van der Waals surface area contributed by atoms with Gasteiger partial charge in [0.1, 0.15) is 17.7 Å². The molecule has 1 saturated heterocycles. The van der Waals surface area contributed by atoms with Crippen LogP contribution in [0.5, 0.6) is 0 Å². The van der Waals surface area contributed by atoms with Crippen molar-refractivity contribution in [3.8, 4) is 0 Å². The fourth-order valence-corrected chi connectivity index (χ4v) is 2.37. The Morgan fingerprint density at radius 3 is 2.67 bits per heavy atom. The number of rotatable bonds is 2. The van der Waals surface area contributed by atoms with Crippen molar-refractivity contribution in [2.45, 2.75) is 19.4 Å². The van der Waals surface area contributed by atoms with Gasteiger partial charge in [0.05, 0.1) is 18.6 Å². The van der Waals surface area contributed by atoms with Crippen LogP contribution in [0.1, 0.15) is 13.8 Å². The lowest BCUT2D eigenvalue weighted by molar-refractivity contribution is -0.0303. The van der Waals surface area contributed by atoms with Gasteiger partial charge in [-0.1, -0.05) is 26.0 Å². The average Bonchev–Trinajstić information content (AvgIpc) is 2.34. The third-order valence-electron chi connectivity index (χ3n) is 3.83. The van der Waals surface area contributed by atoms with Gasteiger partial charge >= 0.3 is 0 Å². The number of fused-ring (bicyclic) bond motifs is 1. The average molecular weight is 243 g/mol. The van der Waals surface area contributed by atoms with E-state index >= 15 is 0 Å². The van der Waals surface area contributed by atoms with Gasteiger partial charge in [-0.25, -0.2) is 9.97 Å². The summed E-state index contributed by atoms with van der Waals surface area (Å²) >= 11 is 0. The summed E-state index contributed by atoms with van der Waals surface area (Å²) in [6.07, 6.45) is 1.59. The molecule has 1 N–H and O–H groups in total. The zero-order valence-electron chi connectivity index (χ0n) is 10.7. The number of aliphatic hydroxyl groups is 1. The van der Waals surface area contributed by atoms with E-state index in [1.807, 2.05) is 24.3 Å². The second kappa shape index (κ2) is 3.92. The van der Waals surface area contributed by atoms with Crippen molar-refractivity contribution in [2.75, 3.05) is 18.0 Å². The molecule has 0 atom stereocenters. The van der Waals surface area contributed by atoms with Gasteiger partial charge in [-0.3, -0.25) is 0 Å². The molecule has 0 amide bonds. The quantitative estimate of drug-likeness (QED) is 0.874. The van der Waals surface area contributed by atoms with E-state index < -0.39 is 5.60 Å². The topological polar surface area (TPSA) is 49.2 Å². The molecule has 0 unspecified atom stereocenters. The molecule has 0 bridgehead atoms. The summed E-state index contributed by atoms with van der Waals surface area (Å²) in [4.78, 5) is 10.7. The molecule has 1 fully saturated rings. The van der Waals surface area contributed by atoms with Gasteiger partial charge in [-0.05, 0) is 18.1 Å². The fraction of sp³-hybridized carbons (Fsp3) is 0.429. The molecule has 1 aromatic heterocycles. The molecule has 1 aromatic carbocycles. The highest BCUT2D eigenvalue weighted by atomic mass is 16.3. The number of hydrogen-bond acceptors (Lipinski definition) is 4. The second-order valence-electron chi connectivity index (χ2n) is 5.33. The zero-order valence-corrected chi connectivity index (χ0v) is 10.7. The highest BCUT2D eigenvalue weighted by Gasteiger charge is 2.44. The molecular weight excluding hydrogens is 226 g/mol. The summed E-state index contributed by atoms with van der Waals surface area (Å²) in [6.45, 7) is 5.39. The summed E-state index contributed by atoms with van der Waals surface area (Å²) in [6, 6.07) is 7.97. The van der Waals surface area contributed by atoms with Crippen LogP contribution in [0.15, 0.2) is 30.6 Å². The number of para-hydroxylation sites is 1. The first-order chi connectivity index (χ1) is 8.60. The molecule has 4 nitrogen and oxygen atoms in total. The van der Waals surface area contributed by atoms with E-state index in [4.69, 9.17) is 0 Å². The zero-order chi connectivity index (χ0) is 12.8. The molecule has 2 aromatic rings. The van der Waals surface area contributed by atoms with Gasteiger partial charge in [0.2, 0.25) is 0 Å². The SMILES string of the molecule is CC(C)C1(O)CN(c2ncnc3ccccc23)C1. The number of benzene rings is 1. The number of nitrogens with zero attached hydrogens (tertiary/aromatic N) is 3. The van der Waals surface area contributed by atoms with Crippen molar-refractivity contribution in [3.05, 3.63) is 30.6 Å². The Morgan fingerprint density at radius 1 is 1.22 bits per heavy atom. The Labute approximate surface area is 106 Å². The minimum Gasteiger partial charge on any atom is -0.386 e. The molecule has 94 valence electrons. The molecule has 0 saturated carbocycles. The second-order valence-corrected chi connectivity index (χ2v) is 5.33. The normalized spacial score (nSPS) is 18.1. The first-order valence-electron chi connectivity index (χ1n) is 6.27. The number of anilines is 1. The maximum absolute atomic E-state index is 10.3. The van der Waals surface area contributed by atoms with E-state index in [1.165, 1.54) is 0 Å². The highest BCUT2D eigenvalue weighted by molar-refractivity contribution is 5.89. The third-order valence-corrected chi connectivity index (χ3v) is 3.83. The van der Waals surface area contributed by atoms with E-state index in [0.717, 1.165) is 16.7 Å². The Bertz CT molecular complexity index is 571. The summed E-state index contributed by atoms with van der Waals surface area (Å²) in [5, 5.41) is 11.4. The maximum atomic E-state index is 10.3. The summed E-state index contributed by atoms with van der Waals surface area (Å²) in [5.74, 6) is 1.19. The lowest BCUT2D eigenvalue weighted by Gasteiger charge is -2.49. The predicted octanol–water partition coefficient (Wildman–Crippen LogP) is 1.84. The summed E-state index contributed by atoms with van der Waals surface area (Å²) in [5.41, 5.74) is 0.369. The monoisotopic (exact) mass is 243 g/mol. The highest BCUT2D eigenvalue weighted by Crippen LogP contribution is 2.34. The van der Waals surface area contributed by atoms with Crippen LogP contribution < -0.4 is 4.90 Å². The molecule has 0 spiro atoms. The summed E-state index contributed by atoms with van der Waals surface area (Å²) < 4.78 is 0. The van der Waals surface area contributed by atoms with Crippen LogP contribution in [-0.4, -0.2) is 33.8 Å². The largest absolute Gasteiger partial charge is 0.386 e. The Morgan fingerprint density at radius 2 is 1.94 bits per heavy atom. The van der Waals surface area contributed by atoms with Crippen molar-refractivity contribution in [3.63, 3.8) is 0 Å². The lowest BCUT2D eigenvalue weighted by atomic mass is 9.83. The number of hydrogen-bond donors (Lipinski definition) is 1. The lowest BCUT2D eigenvalue weighted by Crippen LogP contribution is -2.65. The predicted molar refractivity (Wildman–Crippen MR) is 71.5 cm³/mol. The first-order valence-corrected chi connectivity index (χ1v) is 6.27. The van der Waals surface area contributed by atoms with Crippen LogP contribution in [-0.2, 0) is 0 Å². The molecule has 1 aliphatic heterocycles. The van der Waals surface area contributed by atoms with E-state index in [9.17, 15) is 5.11 Å². The molecule has 3 rings (SSSR count). The first kappa shape index (κ1) is 11.4. The van der Waals surface area contributed by atoms with Crippen molar-refractivity contribution in [2.24, 2.45) is 5.92 Å². The van der Waals surface area contributed by atoms with E-state index in [2.05, 4.69) is 28.7 Å². The van der Waals surface area contributed by atoms with Crippen molar-refractivity contribution in [1.29, 1.82) is 0 Å². The number of β-amino-alcohol motifs (C(OH)–C–C–N with tert-alkyl or cyclic N) is 1.